The minimum absolute atomic E-state index is 0.00275. The molecule has 0 saturated carbocycles. The number of sulfonamides is 1. The van der Waals surface area contributed by atoms with Gasteiger partial charge in [0.1, 0.15) is 0 Å². The smallest absolute Gasteiger partial charge is 0.262 e. The molecule has 2 rings (SSSR count). The highest BCUT2D eigenvalue weighted by Gasteiger charge is 2.18. The van der Waals surface area contributed by atoms with Gasteiger partial charge in [0, 0.05) is 10.0 Å². The van der Waals surface area contributed by atoms with Gasteiger partial charge < -0.3 is 0 Å². The molecule has 0 heterocycles. The highest BCUT2D eigenvalue weighted by atomic mass is 35.5. The van der Waals surface area contributed by atoms with Gasteiger partial charge in [-0.3, -0.25) is 4.72 Å². The van der Waals surface area contributed by atoms with Crippen LogP contribution in [0, 0.1) is 0 Å². The van der Waals surface area contributed by atoms with Gasteiger partial charge in [-0.25, -0.2) is 8.42 Å². The predicted molar refractivity (Wildman–Crippen MR) is 88.0 cm³/mol. The minimum Gasteiger partial charge on any atom is -0.279 e. The summed E-state index contributed by atoms with van der Waals surface area (Å²) in [5.41, 5.74) is 1.12. The van der Waals surface area contributed by atoms with Crippen LogP contribution in [0.2, 0.25) is 10.0 Å². The summed E-state index contributed by atoms with van der Waals surface area (Å²) in [5, 5.41) is 0.176. The van der Waals surface area contributed by atoms with Gasteiger partial charge in [0.25, 0.3) is 10.0 Å². The summed E-state index contributed by atoms with van der Waals surface area (Å²) in [7, 11) is -3.79. The lowest BCUT2D eigenvalue weighted by atomic mass is 10.1. The molecule has 3 nitrogen and oxygen atoms in total. The zero-order valence-electron chi connectivity index (χ0n) is 11.0. The molecule has 0 aromatic heterocycles. The van der Waals surface area contributed by atoms with Crippen LogP contribution in [0.1, 0.15) is 17.9 Å². The van der Waals surface area contributed by atoms with Crippen LogP contribution in [0.25, 0.3) is 0 Å². The number of benzene rings is 2. The summed E-state index contributed by atoms with van der Waals surface area (Å²) in [6.45, 7) is 1.77. The summed E-state index contributed by atoms with van der Waals surface area (Å²) in [4.78, 5) is -0.00275. The van der Waals surface area contributed by atoms with Crippen LogP contribution in [-0.2, 0) is 10.0 Å². The molecule has 0 bridgehead atoms. The van der Waals surface area contributed by atoms with Crippen molar-refractivity contribution in [2.75, 3.05) is 4.72 Å². The van der Waals surface area contributed by atoms with Gasteiger partial charge in [-0.2, -0.15) is 0 Å². The van der Waals surface area contributed by atoms with Crippen molar-refractivity contribution >= 4 is 50.5 Å². The van der Waals surface area contributed by atoms with Crippen LogP contribution in [0.3, 0.4) is 0 Å². The average molecular weight is 365 g/mol. The molecule has 0 aliphatic heterocycles. The van der Waals surface area contributed by atoms with E-state index in [2.05, 4.69) is 4.72 Å². The summed E-state index contributed by atoms with van der Waals surface area (Å²) in [6.07, 6.45) is 0. The molecule has 21 heavy (non-hydrogen) atoms. The van der Waals surface area contributed by atoms with Gasteiger partial charge in [-0.1, -0.05) is 41.4 Å². The molecule has 0 radical (unpaired) electrons. The third-order valence-electron chi connectivity index (χ3n) is 2.78. The molecule has 112 valence electrons. The topological polar surface area (TPSA) is 46.2 Å². The largest absolute Gasteiger partial charge is 0.279 e. The van der Waals surface area contributed by atoms with Crippen molar-refractivity contribution in [1.82, 2.24) is 0 Å². The zero-order valence-corrected chi connectivity index (χ0v) is 14.1. The fourth-order valence-electron chi connectivity index (χ4n) is 1.82. The quantitative estimate of drug-likeness (QED) is 0.768. The Bertz CT molecular complexity index is 740. The molecule has 0 fully saturated rings. The summed E-state index contributed by atoms with van der Waals surface area (Å²) in [6, 6.07) is 11.1. The normalized spacial score (nSPS) is 13.0. The van der Waals surface area contributed by atoms with Gasteiger partial charge in [0.05, 0.1) is 16.0 Å². The highest BCUT2D eigenvalue weighted by molar-refractivity contribution is 7.92. The maximum atomic E-state index is 12.4. The second-order valence-corrected chi connectivity index (χ2v) is 7.62. The Kier molecular flexibility index (Phi) is 5.04. The Hall–Kier alpha value is -0.940. The summed E-state index contributed by atoms with van der Waals surface area (Å²) >= 11 is 17.7. The van der Waals surface area contributed by atoms with Crippen LogP contribution in [0.4, 0.5) is 5.69 Å². The number of para-hydroxylation sites is 1. The van der Waals surface area contributed by atoms with E-state index in [0.29, 0.717) is 11.3 Å². The maximum Gasteiger partial charge on any atom is 0.262 e. The van der Waals surface area contributed by atoms with Gasteiger partial charge in [-0.15, -0.1) is 11.6 Å². The number of hydrogen-bond acceptors (Lipinski definition) is 2. The number of rotatable bonds is 4. The Morgan fingerprint density at radius 2 is 1.62 bits per heavy atom. The van der Waals surface area contributed by atoms with Gasteiger partial charge in [0.15, 0.2) is 0 Å². The Labute approximate surface area is 138 Å². The van der Waals surface area contributed by atoms with E-state index in [1.807, 2.05) is 0 Å². The van der Waals surface area contributed by atoms with Crippen LogP contribution in [0.5, 0.6) is 0 Å². The van der Waals surface area contributed by atoms with E-state index >= 15 is 0 Å². The van der Waals surface area contributed by atoms with Gasteiger partial charge >= 0.3 is 0 Å². The number of alkyl halides is 1. The molecule has 0 amide bonds. The molecule has 2 aromatic rings. The van der Waals surface area contributed by atoms with Gasteiger partial charge in [0.2, 0.25) is 0 Å². The lowest BCUT2D eigenvalue weighted by Gasteiger charge is -2.14. The van der Waals surface area contributed by atoms with Crippen molar-refractivity contribution in [3.8, 4) is 0 Å². The summed E-state index contributed by atoms with van der Waals surface area (Å²) in [5.74, 6) is 0. The first-order valence-electron chi connectivity index (χ1n) is 6.01. The lowest BCUT2D eigenvalue weighted by molar-refractivity contribution is 0.601. The molecule has 7 heteroatoms. The minimum atomic E-state index is -3.79. The van der Waals surface area contributed by atoms with Crippen molar-refractivity contribution in [1.29, 1.82) is 0 Å². The molecular formula is C14H12Cl3NO2S. The molecule has 0 spiro atoms. The highest BCUT2D eigenvalue weighted by Crippen LogP contribution is 2.30. The van der Waals surface area contributed by atoms with Crippen molar-refractivity contribution in [2.24, 2.45) is 0 Å². The second kappa shape index (κ2) is 6.44. The first kappa shape index (κ1) is 16.4. The molecule has 2 aromatic carbocycles. The number of hydrogen-bond donors (Lipinski definition) is 1. The SMILES string of the molecule is CC(Cl)c1ccccc1NS(=O)(=O)c1cc(Cl)cc(Cl)c1. The zero-order chi connectivity index (χ0) is 15.6. The second-order valence-electron chi connectivity index (χ2n) is 4.41. The van der Waals surface area contributed by atoms with Gasteiger partial charge in [-0.05, 0) is 36.8 Å². The third-order valence-corrected chi connectivity index (χ3v) is 4.80. The van der Waals surface area contributed by atoms with Crippen molar-refractivity contribution in [2.45, 2.75) is 17.2 Å². The standard InChI is InChI=1S/C14H12Cl3NO2S/c1-9(15)13-4-2-3-5-14(13)18-21(19,20)12-7-10(16)6-11(17)8-12/h2-9,18H,1H3. The van der Waals surface area contributed by atoms with Crippen LogP contribution in [0.15, 0.2) is 47.4 Å². The van der Waals surface area contributed by atoms with Crippen molar-refractivity contribution in [3.63, 3.8) is 0 Å². The first-order chi connectivity index (χ1) is 9.79. The van der Waals surface area contributed by atoms with E-state index in [9.17, 15) is 8.42 Å². The Balaban J connectivity index is 2.42. The lowest BCUT2D eigenvalue weighted by Crippen LogP contribution is -2.14. The molecule has 1 atom stereocenters. The molecule has 0 aliphatic rings. The van der Waals surface area contributed by atoms with E-state index in [1.54, 1.807) is 31.2 Å². The van der Waals surface area contributed by atoms with Crippen molar-refractivity contribution < 1.29 is 8.42 Å². The predicted octanol–water partition coefficient (Wildman–Crippen LogP) is 5.09. The maximum absolute atomic E-state index is 12.4. The van der Waals surface area contributed by atoms with E-state index < -0.39 is 10.0 Å². The molecule has 1 N–H and O–H groups in total. The van der Waals surface area contributed by atoms with Crippen molar-refractivity contribution in [3.05, 3.63) is 58.1 Å². The average Bonchev–Trinajstić information content (AvgIpc) is 2.37. The third kappa shape index (κ3) is 4.04. The van der Waals surface area contributed by atoms with Crippen LogP contribution >= 0.6 is 34.8 Å². The van der Waals surface area contributed by atoms with E-state index in [0.717, 1.165) is 0 Å². The number of nitrogens with one attached hydrogen (secondary N) is 1. The molecular weight excluding hydrogens is 353 g/mol. The number of anilines is 1. The molecule has 0 saturated heterocycles. The fraction of sp³-hybridized carbons (Fsp3) is 0.143. The fourth-order valence-corrected chi connectivity index (χ4v) is 3.83. The molecule has 1 unspecified atom stereocenters. The van der Waals surface area contributed by atoms with Crippen LogP contribution in [-0.4, -0.2) is 8.42 Å². The Morgan fingerprint density at radius 3 is 2.19 bits per heavy atom. The number of halogens is 3. The Morgan fingerprint density at radius 1 is 1.05 bits per heavy atom. The van der Waals surface area contributed by atoms with Crippen LogP contribution < -0.4 is 4.72 Å². The van der Waals surface area contributed by atoms with E-state index in [-0.39, 0.29) is 20.3 Å². The van der Waals surface area contributed by atoms with E-state index in [1.165, 1.54) is 18.2 Å². The van der Waals surface area contributed by atoms with E-state index in [4.69, 9.17) is 34.8 Å². The first-order valence-corrected chi connectivity index (χ1v) is 8.69. The molecule has 0 aliphatic carbocycles. The summed E-state index contributed by atoms with van der Waals surface area (Å²) < 4.78 is 27.3. The monoisotopic (exact) mass is 363 g/mol.